The molecular weight excluding hydrogens is 306 g/mol. The molecule has 1 aromatic carbocycles. The van der Waals surface area contributed by atoms with Crippen LogP contribution in [0.2, 0.25) is 0 Å². The van der Waals surface area contributed by atoms with E-state index in [0.717, 1.165) is 23.6 Å². The zero-order chi connectivity index (χ0) is 16.7. The third kappa shape index (κ3) is 2.38. The number of carbonyl (C=O) groups excluding carboxylic acids is 1. The normalized spacial score (nSPS) is 13.7. The fourth-order valence-electron chi connectivity index (χ4n) is 2.61. The summed E-state index contributed by atoms with van der Waals surface area (Å²) in [6, 6.07) is 7.51. The summed E-state index contributed by atoms with van der Waals surface area (Å²) in [6.07, 6.45) is 3.79. The van der Waals surface area contributed by atoms with Gasteiger partial charge in [-0.25, -0.2) is 19.7 Å². The molecule has 2 aromatic heterocycles. The monoisotopic (exact) mass is 319 g/mol. The fraction of sp³-hybridized carbons (Fsp3) is 0.235. The van der Waals surface area contributed by atoms with Crippen molar-refractivity contribution >= 4 is 33.6 Å². The van der Waals surface area contributed by atoms with Crippen LogP contribution in [0.25, 0.3) is 21.8 Å². The Morgan fingerprint density at radius 2 is 2.17 bits per heavy atom. The van der Waals surface area contributed by atoms with Crippen LogP contribution >= 0.6 is 0 Å². The van der Waals surface area contributed by atoms with E-state index in [-0.39, 0.29) is 5.82 Å². The van der Waals surface area contributed by atoms with E-state index < -0.39 is 5.97 Å². The minimum Gasteiger partial charge on any atom is -0.465 e. The predicted molar refractivity (Wildman–Crippen MR) is 87.5 cm³/mol. The molecule has 0 spiro atoms. The van der Waals surface area contributed by atoms with Crippen molar-refractivity contribution in [1.29, 1.82) is 5.26 Å². The van der Waals surface area contributed by atoms with Crippen LogP contribution in [0, 0.1) is 11.3 Å². The van der Waals surface area contributed by atoms with Gasteiger partial charge in [-0.3, -0.25) is 0 Å². The molecule has 0 radical (unpaired) electrons. The molecular formula is C17H13N5O2. The summed E-state index contributed by atoms with van der Waals surface area (Å²) in [5, 5.41) is 14.0. The maximum absolute atomic E-state index is 11.8. The highest BCUT2D eigenvalue weighted by atomic mass is 16.5. The first-order valence-electron chi connectivity index (χ1n) is 7.55. The predicted octanol–water partition coefficient (Wildman–Crippen LogP) is 2.41. The third-order valence-electron chi connectivity index (χ3n) is 3.97. The Balaban J connectivity index is 1.99. The van der Waals surface area contributed by atoms with Crippen LogP contribution in [0.15, 0.2) is 24.4 Å². The van der Waals surface area contributed by atoms with Gasteiger partial charge in [-0.2, -0.15) is 5.26 Å². The molecule has 4 rings (SSSR count). The van der Waals surface area contributed by atoms with Crippen molar-refractivity contribution in [3.05, 3.63) is 35.8 Å². The molecule has 1 aliphatic rings. The summed E-state index contributed by atoms with van der Waals surface area (Å²) in [5.41, 5.74) is 1.71. The maximum atomic E-state index is 11.8. The van der Waals surface area contributed by atoms with Crippen LogP contribution in [-0.4, -0.2) is 34.1 Å². The summed E-state index contributed by atoms with van der Waals surface area (Å²) in [5.74, 6) is 0.307. The Hall–Kier alpha value is -3.27. The first kappa shape index (κ1) is 14.3. The van der Waals surface area contributed by atoms with Gasteiger partial charge < -0.3 is 10.1 Å². The zero-order valence-electron chi connectivity index (χ0n) is 12.9. The Morgan fingerprint density at radius 3 is 2.88 bits per heavy atom. The molecule has 0 atom stereocenters. The van der Waals surface area contributed by atoms with Gasteiger partial charge in [0, 0.05) is 23.0 Å². The van der Waals surface area contributed by atoms with Gasteiger partial charge in [0.2, 0.25) is 5.82 Å². The highest BCUT2D eigenvalue weighted by Crippen LogP contribution is 2.31. The molecule has 1 N–H and O–H groups in total. The number of hydrogen-bond donors (Lipinski definition) is 1. The molecule has 24 heavy (non-hydrogen) atoms. The summed E-state index contributed by atoms with van der Waals surface area (Å²) in [4.78, 5) is 24.7. The molecule has 0 amide bonds. The number of anilines is 1. The highest BCUT2D eigenvalue weighted by molar-refractivity contribution is 6.09. The van der Waals surface area contributed by atoms with Gasteiger partial charge in [0.25, 0.3) is 0 Å². The van der Waals surface area contributed by atoms with E-state index in [4.69, 9.17) is 10.00 Å². The van der Waals surface area contributed by atoms with Crippen molar-refractivity contribution in [3.8, 4) is 6.07 Å². The van der Waals surface area contributed by atoms with Gasteiger partial charge in [-0.15, -0.1) is 0 Å². The Kier molecular flexibility index (Phi) is 3.24. The second-order valence-corrected chi connectivity index (χ2v) is 5.67. The van der Waals surface area contributed by atoms with Gasteiger partial charge in [0.05, 0.1) is 18.2 Å². The van der Waals surface area contributed by atoms with Gasteiger partial charge in [-0.1, -0.05) is 6.07 Å². The molecule has 7 nitrogen and oxygen atoms in total. The smallest absolute Gasteiger partial charge is 0.337 e. The van der Waals surface area contributed by atoms with Crippen molar-refractivity contribution in [3.63, 3.8) is 0 Å². The van der Waals surface area contributed by atoms with E-state index >= 15 is 0 Å². The average molecular weight is 319 g/mol. The minimum atomic E-state index is -0.411. The van der Waals surface area contributed by atoms with Crippen LogP contribution in [0.5, 0.6) is 0 Å². The Bertz CT molecular complexity index is 1020. The summed E-state index contributed by atoms with van der Waals surface area (Å²) >= 11 is 0. The average Bonchev–Trinajstić information content (AvgIpc) is 3.44. The number of nitrogens with zero attached hydrogens (tertiary/aromatic N) is 4. The van der Waals surface area contributed by atoms with Gasteiger partial charge in [0.1, 0.15) is 11.6 Å². The zero-order valence-corrected chi connectivity index (χ0v) is 12.9. The molecule has 1 aliphatic carbocycles. The minimum absolute atomic E-state index is 0.105. The van der Waals surface area contributed by atoms with E-state index in [0.29, 0.717) is 28.5 Å². The lowest BCUT2D eigenvalue weighted by molar-refractivity contribution is 0.0601. The van der Waals surface area contributed by atoms with Gasteiger partial charge >= 0.3 is 5.97 Å². The number of ether oxygens (including phenoxy) is 1. The third-order valence-corrected chi connectivity index (χ3v) is 3.97. The molecule has 0 saturated heterocycles. The molecule has 1 fully saturated rings. The Labute approximate surface area is 137 Å². The molecule has 7 heteroatoms. The van der Waals surface area contributed by atoms with Crippen molar-refractivity contribution in [2.45, 2.75) is 18.9 Å². The van der Waals surface area contributed by atoms with Crippen LogP contribution in [0.3, 0.4) is 0 Å². The largest absolute Gasteiger partial charge is 0.465 e. The van der Waals surface area contributed by atoms with Crippen LogP contribution in [0.1, 0.15) is 29.0 Å². The number of hydrogen-bond acceptors (Lipinski definition) is 7. The molecule has 3 aromatic rings. The van der Waals surface area contributed by atoms with Crippen molar-refractivity contribution < 1.29 is 9.53 Å². The number of esters is 1. The number of carbonyl (C=O) groups is 1. The second kappa shape index (κ2) is 5.42. The molecule has 118 valence electrons. The second-order valence-electron chi connectivity index (χ2n) is 5.67. The lowest BCUT2D eigenvalue weighted by atomic mass is 10.1. The fourth-order valence-corrected chi connectivity index (χ4v) is 2.61. The quantitative estimate of drug-likeness (QED) is 0.584. The molecule has 1 saturated carbocycles. The number of rotatable bonds is 3. The highest BCUT2D eigenvalue weighted by Gasteiger charge is 2.23. The maximum Gasteiger partial charge on any atom is 0.337 e. The van der Waals surface area contributed by atoms with Crippen LogP contribution in [0.4, 0.5) is 5.82 Å². The molecule has 2 heterocycles. The molecule has 0 unspecified atom stereocenters. The summed E-state index contributed by atoms with van der Waals surface area (Å²) < 4.78 is 4.76. The standard InChI is InChI=1S/C17H13N5O2/c1-24-17(23)9-2-5-11-12-8-19-14(7-18)22-15(12)16(20-10-3-4-10)21-13(11)6-9/h2,5-6,8,10H,3-4H2,1H3,(H,20,21). The SMILES string of the molecule is COC(=O)c1ccc2c(c1)nc(NC1CC1)c1nc(C#N)ncc12. The number of aromatic nitrogens is 3. The number of fused-ring (bicyclic) bond motifs is 3. The van der Waals surface area contributed by atoms with Gasteiger partial charge in [-0.05, 0) is 25.0 Å². The molecule has 0 aliphatic heterocycles. The number of nitriles is 1. The van der Waals surface area contributed by atoms with Crippen LogP contribution in [-0.2, 0) is 4.74 Å². The lowest BCUT2D eigenvalue weighted by Crippen LogP contribution is -2.06. The number of methoxy groups -OCH3 is 1. The molecule has 0 bridgehead atoms. The van der Waals surface area contributed by atoms with Crippen molar-refractivity contribution in [2.24, 2.45) is 0 Å². The van der Waals surface area contributed by atoms with Gasteiger partial charge in [0.15, 0.2) is 5.82 Å². The van der Waals surface area contributed by atoms with Crippen LogP contribution < -0.4 is 5.32 Å². The van der Waals surface area contributed by atoms with E-state index in [1.807, 2.05) is 6.07 Å². The number of nitrogens with one attached hydrogen (secondary N) is 1. The van der Waals surface area contributed by atoms with Crippen molar-refractivity contribution in [2.75, 3.05) is 12.4 Å². The number of pyridine rings is 1. The van der Waals surface area contributed by atoms with E-state index in [2.05, 4.69) is 20.3 Å². The summed E-state index contributed by atoms with van der Waals surface area (Å²) in [7, 11) is 1.34. The topological polar surface area (TPSA) is 101 Å². The first-order chi connectivity index (χ1) is 11.7. The Morgan fingerprint density at radius 1 is 1.33 bits per heavy atom. The van der Waals surface area contributed by atoms with E-state index in [1.165, 1.54) is 7.11 Å². The lowest BCUT2D eigenvalue weighted by Gasteiger charge is -2.11. The van der Waals surface area contributed by atoms with E-state index in [1.54, 1.807) is 24.4 Å². The first-order valence-corrected chi connectivity index (χ1v) is 7.55. The van der Waals surface area contributed by atoms with Crippen molar-refractivity contribution in [1.82, 2.24) is 15.0 Å². The number of benzene rings is 1. The summed E-state index contributed by atoms with van der Waals surface area (Å²) in [6.45, 7) is 0. The van der Waals surface area contributed by atoms with E-state index in [9.17, 15) is 4.79 Å².